The normalized spacial score (nSPS) is 18.2. The third kappa shape index (κ3) is 5.71. The second-order valence-electron chi connectivity index (χ2n) is 8.29. The number of halogens is 1. The summed E-state index contributed by atoms with van der Waals surface area (Å²) in [4.78, 5) is 30.2. The van der Waals surface area contributed by atoms with Gasteiger partial charge in [-0.2, -0.15) is 0 Å². The molecule has 1 saturated heterocycles. The van der Waals surface area contributed by atoms with Crippen LogP contribution in [0.1, 0.15) is 38.2 Å². The van der Waals surface area contributed by atoms with Gasteiger partial charge in [-0.25, -0.2) is 9.97 Å². The zero-order valence-electron chi connectivity index (χ0n) is 19.2. The van der Waals surface area contributed by atoms with E-state index in [0.717, 1.165) is 54.5 Å². The summed E-state index contributed by atoms with van der Waals surface area (Å²) in [5, 5.41) is 0.717. The van der Waals surface area contributed by atoms with E-state index in [2.05, 4.69) is 27.9 Å². The predicted octanol–water partition coefficient (Wildman–Crippen LogP) is 4.17. The molecule has 0 bridgehead atoms. The van der Waals surface area contributed by atoms with Crippen LogP contribution in [0, 0.1) is 0 Å². The molecule has 7 nitrogen and oxygen atoms in total. The van der Waals surface area contributed by atoms with Crippen molar-refractivity contribution in [2.75, 3.05) is 38.2 Å². The van der Waals surface area contributed by atoms with Gasteiger partial charge in [0.2, 0.25) is 11.8 Å². The molecule has 1 amide bonds. The maximum Gasteiger partial charge on any atom is 0.222 e. The Morgan fingerprint density at radius 3 is 2.73 bits per heavy atom. The Kier molecular flexibility index (Phi) is 7.60. The third-order valence-electron chi connectivity index (χ3n) is 6.23. The molecule has 0 radical (unpaired) electrons. The summed E-state index contributed by atoms with van der Waals surface area (Å²) >= 11 is 6.15. The minimum Gasteiger partial charge on any atom is -0.481 e. The highest BCUT2D eigenvalue weighted by Crippen LogP contribution is 2.26. The number of hydrogen-bond donors (Lipinski definition) is 0. The number of amides is 1. The van der Waals surface area contributed by atoms with Gasteiger partial charge in [-0.05, 0) is 43.0 Å². The number of carbonyl (C=O) groups is 1. The summed E-state index contributed by atoms with van der Waals surface area (Å²) in [5.74, 6) is 1.60. The van der Waals surface area contributed by atoms with Crippen molar-refractivity contribution < 1.29 is 9.53 Å². The highest BCUT2D eigenvalue weighted by molar-refractivity contribution is 6.31. The Labute approximate surface area is 200 Å². The molecular weight excluding hydrogens is 438 g/mol. The number of methoxy groups -OCH3 is 1. The van der Waals surface area contributed by atoms with Crippen molar-refractivity contribution in [2.45, 2.75) is 38.6 Å². The van der Waals surface area contributed by atoms with Crippen molar-refractivity contribution in [3.63, 3.8) is 0 Å². The van der Waals surface area contributed by atoms with Gasteiger partial charge in [0.1, 0.15) is 12.1 Å². The monoisotopic (exact) mass is 467 g/mol. The molecule has 1 atom stereocenters. The highest BCUT2D eigenvalue weighted by atomic mass is 35.5. The Morgan fingerprint density at radius 1 is 1.18 bits per heavy atom. The molecule has 2 aromatic rings. The quantitative estimate of drug-likeness (QED) is 0.582. The molecule has 1 unspecified atom stereocenters. The Balaban J connectivity index is 1.26. The lowest BCUT2D eigenvalue weighted by atomic mass is 10.00. The van der Waals surface area contributed by atoms with Gasteiger partial charge in [-0.15, -0.1) is 0 Å². The van der Waals surface area contributed by atoms with E-state index in [4.69, 9.17) is 21.3 Å². The lowest BCUT2D eigenvalue weighted by Crippen LogP contribution is -2.49. The number of piperazine rings is 1. The Hall–Kier alpha value is -2.93. The summed E-state index contributed by atoms with van der Waals surface area (Å²) in [7, 11) is 1.59. The van der Waals surface area contributed by atoms with Crippen LogP contribution in [0.5, 0.6) is 5.88 Å². The summed E-state index contributed by atoms with van der Waals surface area (Å²) in [6.07, 6.45) is 6.92. The van der Waals surface area contributed by atoms with E-state index in [-0.39, 0.29) is 11.9 Å². The van der Waals surface area contributed by atoms with E-state index in [1.807, 2.05) is 35.2 Å². The summed E-state index contributed by atoms with van der Waals surface area (Å²) in [5.41, 5.74) is 3.36. The zero-order valence-corrected chi connectivity index (χ0v) is 20.0. The molecule has 4 rings (SSSR count). The van der Waals surface area contributed by atoms with Crippen LogP contribution >= 0.6 is 11.6 Å². The van der Waals surface area contributed by atoms with Crippen molar-refractivity contribution in [1.29, 1.82) is 0 Å². The second kappa shape index (κ2) is 10.8. The molecular formula is C25H30ClN5O2. The molecule has 0 spiro atoms. The van der Waals surface area contributed by atoms with Gasteiger partial charge in [0.25, 0.3) is 0 Å². The maximum absolute atomic E-state index is 12.8. The number of nitrogens with zero attached hydrogens (tertiary/aromatic N) is 5. The van der Waals surface area contributed by atoms with Crippen molar-refractivity contribution in [3.8, 4) is 5.88 Å². The van der Waals surface area contributed by atoms with Gasteiger partial charge < -0.3 is 14.5 Å². The third-order valence-corrected chi connectivity index (χ3v) is 6.47. The Morgan fingerprint density at radius 2 is 2.00 bits per heavy atom. The molecule has 3 heterocycles. The van der Waals surface area contributed by atoms with E-state index in [0.29, 0.717) is 25.4 Å². The number of aromatic nitrogens is 2. The molecule has 33 heavy (non-hydrogen) atoms. The van der Waals surface area contributed by atoms with Crippen molar-refractivity contribution in [1.82, 2.24) is 14.9 Å². The highest BCUT2D eigenvalue weighted by Gasteiger charge is 2.24. The largest absolute Gasteiger partial charge is 0.481 e. The second-order valence-corrected chi connectivity index (χ2v) is 8.73. The van der Waals surface area contributed by atoms with Gasteiger partial charge >= 0.3 is 0 Å². The van der Waals surface area contributed by atoms with E-state index >= 15 is 0 Å². The number of aliphatic imine (C=N–C) groups is 1. The van der Waals surface area contributed by atoms with Crippen LogP contribution in [0.25, 0.3) is 0 Å². The molecule has 1 aromatic heterocycles. The molecule has 8 heteroatoms. The summed E-state index contributed by atoms with van der Waals surface area (Å²) < 4.78 is 5.18. The van der Waals surface area contributed by atoms with Gasteiger partial charge in [-0.3, -0.25) is 9.79 Å². The van der Waals surface area contributed by atoms with Crippen LogP contribution in [-0.4, -0.2) is 65.8 Å². The first-order valence-electron chi connectivity index (χ1n) is 11.5. The van der Waals surface area contributed by atoms with Crippen LogP contribution in [0.3, 0.4) is 0 Å². The lowest BCUT2D eigenvalue weighted by molar-refractivity contribution is -0.131. The van der Waals surface area contributed by atoms with Gasteiger partial charge in [0.15, 0.2) is 0 Å². The minimum absolute atomic E-state index is 0.154. The standard InChI is InChI=1S/C25H30ClN5O2/c1-3-18-15-22(19-6-4-7-20(26)14-19)29-21(18)8-5-9-25(32)31-12-10-30(11-13-31)23-16-24(33-2)28-17-27-23/h4,6-7,14-17,21H,3,5,8-13H2,1-2H3. The minimum atomic E-state index is 0.154. The van der Waals surface area contributed by atoms with Crippen LogP contribution < -0.4 is 9.64 Å². The topological polar surface area (TPSA) is 70.9 Å². The van der Waals surface area contributed by atoms with Gasteiger partial charge in [0.05, 0.1) is 18.9 Å². The van der Waals surface area contributed by atoms with Crippen LogP contribution in [0.15, 0.2) is 53.3 Å². The predicted molar refractivity (Wildman–Crippen MR) is 131 cm³/mol. The fourth-order valence-electron chi connectivity index (χ4n) is 4.36. The SMILES string of the molecule is CCC1=CC(c2cccc(Cl)c2)=NC1CCCC(=O)N1CCN(c2cc(OC)ncn2)CC1. The van der Waals surface area contributed by atoms with Gasteiger partial charge in [0, 0.05) is 49.3 Å². The van der Waals surface area contributed by atoms with E-state index in [9.17, 15) is 4.79 Å². The molecule has 174 valence electrons. The molecule has 2 aliphatic rings. The summed E-state index contributed by atoms with van der Waals surface area (Å²) in [6, 6.07) is 9.80. The molecule has 0 aliphatic carbocycles. The van der Waals surface area contributed by atoms with Crippen molar-refractivity contribution in [3.05, 3.63) is 58.9 Å². The lowest BCUT2D eigenvalue weighted by Gasteiger charge is -2.35. The number of benzene rings is 1. The first-order valence-corrected chi connectivity index (χ1v) is 11.9. The summed E-state index contributed by atoms with van der Waals surface area (Å²) in [6.45, 7) is 5.07. The number of anilines is 1. The molecule has 0 N–H and O–H groups in total. The van der Waals surface area contributed by atoms with Crippen molar-refractivity contribution >= 4 is 29.0 Å². The van der Waals surface area contributed by atoms with Gasteiger partial charge in [-0.1, -0.05) is 30.7 Å². The van der Waals surface area contributed by atoms with Crippen molar-refractivity contribution in [2.24, 2.45) is 4.99 Å². The fraction of sp³-hybridized carbons (Fsp3) is 0.440. The van der Waals surface area contributed by atoms with E-state index < -0.39 is 0 Å². The molecule has 0 saturated carbocycles. The smallest absolute Gasteiger partial charge is 0.222 e. The molecule has 1 aromatic carbocycles. The average Bonchev–Trinajstić information content (AvgIpc) is 3.27. The van der Waals surface area contributed by atoms with Crippen LogP contribution in [0.2, 0.25) is 5.02 Å². The number of hydrogen-bond acceptors (Lipinski definition) is 6. The van der Waals surface area contributed by atoms with Crippen LogP contribution in [-0.2, 0) is 4.79 Å². The van der Waals surface area contributed by atoms with Crippen LogP contribution in [0.4, 0.5) is 5.82 Å². The first kappa shape index (κ1) is 23.2. The van der Waals surface area contributed by atoms with E-state index in [1.165, 1.54) is 11.9 Å². The number of carbonyl (C=O) groups excluding carboxylic acids is 1. The number of rotatable bonds is 8. The average molecular weight is 468 g/mol. The molecule has 2 aliphatic heterocycles. The zero-order chi connectivity index (χ0) is 23.2. The van der Waals surface area contributed by atoms with E-state index in [1.54, 1.807) is 7.11 Å². The Bertz CT molecular complexity index is 1050. The molecule has 1 fully saturated rings. The maximum atomic E-state index is 12.8. The number of allylic oxidation sites excluding steroid dienone is 1. The fourth-order valence-corrected chi connectivity index (χ4v) is 4.55. The number of ether oxygens (including phenoxy) is 1. The first-order chi connectivity index (χ1) is 16.1.